The van der Waals surface area contributed by atoms with Gasteiger partial charge < -0.3 is 4.90 Å². The molecule has 0 bridgehead atoms. The van der Waals surface area contributed by atoms with Gasteiger partial charge in [-0.25, -0.2) is 13.1 Å². The molecule has 2 aromatic rings. The Kier molecular flexibility index (Phi) is 4.15. The fourth-order valence-electron chi connectivity index (χ4n) is 2.69. The van der Waals surface area contributed by atoms with Crippen LogP contribution in [0, 0.1) is 0 Å². The van der Waals surface area contributed by atoms with Crippen LogP contribution >= 0.6 is 0 Å². The van der Waals surface area contributed by atoms with Crippen molar-refractivity contribution in [2.45, 2.75) is 37.2 Å². The van der Waals surface area contributed by atoms with Gasteiger partial charge in [-0.15, -0.1) is 0 Å². The number of nitrogens with one attached hydrogen (secondary N) is 1. The zero-order valence-corrected chi connectivity index (χ0v) is 14.4. The number of nitrogens with zero attached hydrogens (tertiary/aromatic N) is 5. The lowest BCUT2D eigenvalue weighted by molar-refractivity contribution is 0.530. The first kappa shape index (κ1) is 16.0. The van der Waals surface area contributed by atoms with Crippen LogP contribution in [0.3, 0.4) is 0 Å². The van der Waals surface area contributed by atoms with E-state index in [1.165, 1.54) is 6.20 Å². The average molecular weight is 338 g/mol. The van der Waals surface area contributed by atoms with E-state index in [0.29, 0.717) is 6.54 Å². The van der Waals surface area contributed by atoms with Crippen LogP contribution in [0.2, 0.25) is 0 Å². The standard InChI is InChI=1S/C14H22N6O2S/c1-11(2)20-10-14(7-16-20)23(21,22)17-12-4-5-19(8-12)13-6-15-18(3)9-13/h6-7,9-12,17H,4-5,8H2,1-3H3/t12-/m0/s1. The van der Waals surface area contributed by atoms with Gasteiger partial charge in [0.2, 0.25) is 10.0 Å². The van der Waals surface area contributed by atoms with Crippen molar-refractivity contribution >= 4 is 15.7 Å². The molecule has 1 fully saturated rings. The molecule has 1 N–H and O–H groups in total. The highest BCUT2D eigenvalue weighted by Gasteiger charge is 2.28. The maximum absolute atomic E-state index is 12.5. The van der Waals surface area contributed by atoms with Crippen LogP contribution in [0.5, 0.6) is 0 Å². The fourth-order valence-corrected chi connectivity index (χ4v) is 3.89. The molecule has 126 valence electrons. The third kappa shape index (κ3) is 3.40. The second kappa shape index (κ2) is 5.97. The largest absolute Gasteiger partial charge is 0.367 e. The van der Waals surface area contributed by atoms with E-state index in [1.807, 2.05) is 27.1 Å². The molecule has 9 heteroatoms. The zero-order valence-electron chi connectivity index (χ0n) is 13.5. The van der Waals surface area contributed by atoms with E-state index in [9.17, 15) is 8.42 Å². The highest BCUT2D eigenvalue weighted by Crippen LogP contribution is 2.20. The molecule has 8 nitrogen and oxygen atoms in total. The van der Waals surface area contributed by atoms with E-state index in [1.54, 1.807) is 21.8 Å². The summed E-state index contributed by atoms with van der Waals surface area (Å²) in [5, 5.41) is 8.25. The van der Waals surface area contributed by atoms with Crippen LogP contribution in [0.4, 0.5) is 5.69 Å². The lowest BCUT2D eigenvalue weighted by Gasteiger charge is -2.16. The summed E-state index contributed by atoms with van der Waals surface area (Å²) in [5.74, 6) is 0. The lowest BCUT2D eigenvalue weighted by atomic mass is 10.3. The minimum absolute atomic E-state index is 0.109. The van der Waals surface area contributed by atoms with E-state index < -0.39 is 10.0 Å². The van der Waals surface area contributed by atoms with Gasteiger partial charge in [0.05, 0.1) is 18.1 Å². The summed E-state index contributed by atoms with van der Waals surface area (Å²) in [7, 11) is -1.67. The number of aromatic nitrogens is 4. The third-order valence-corrected chi connectivity index (χ3v) is 5.46. The van der Waals surface area contributed by atoms with E-state index >= 15 is 0 Å². The van der Waals surface area contributed by atoms with Crippen molar-refractivity contribution in [3.05, 3.63) is 24.8 Å². The van der Waals surface area contributed by atoms with Gasteiger partial charge in [0, 0.05) is 44.6 Å². The first-order valence-corrected chi connectivity index (χ1v) is 9.13. The molecule has 23 heavy (non-hydrogen) atoms. The van der Waals surface area contributed by atoms with Crippen LogP contribution in [0.25, 0.3) is 0 Å². The monoisotopic (exact) mass is 338 g/mol. The maximum Gasteiger partial charge on any atom is 0.244 e. The molecule has 0 aromatic carbocycles. The molecule has 2 aromatic heterocycles. The predicted molar refractivity (Wildman–Crippen MR) is 86.8 cm³/mol. The molecule has 0 amide bonds. The topological polar surface area (TPSA) is 85.0 Å². The van der Waals surface area contributed by atoms with Crippen LogP contribution in [-0.2, 0) is 17.1 Å². The van der Waals surface area contributed by atoms with Crippen molar-refractivity contribution in [1.82, 2.24) is 24.3 Å². The molecule has 1 aliphatic rings. The Morgan fingerprint density at radius 3 is 2.65 bits per heavy atom. The highest BCUT2D eigenvalue weighted by molar-refractivity contribution is 7.89. The normalized spacial score (nSPS) is 19.0. The first-order valence-electron chi connectivity index (χ1n) is 7.65. The molecule has 0 spiro atoms. The van der Waals surface area contributed by atoms with E-state index in [-0.39, 0.29) is 17.0 Å². The summed E-state index contributed by atoms with van der Waals surface area (Å²) in [5.41, 5.74) is 1.02. The summed E-state index contributed by atoms with van der Waals surface area (Å²) >= 11 is 0. The molecule has 0 aliphatic carbocycles. The van der Waals surface area contributed by atoms with Gasteiger partial charge in [-0.2, -0.15) is 10.2 Å². The number of hydrogen-bond acceptors (Lipinski definition) is 5. The maximum atomic E-state index is 12.5. The van der Waals surface area contributed by atoms with Gasteiger partial charge in [0.25, 0.3) is 0 Å². The SMILES string of the molecule is CC(C)n1cc(S(=O)(=O)N[C@H]2CCN(c3cnn(C)c3)C2)cn1. The summed E-state index contributed by atoms with van der Waals surface area (Å²) in [4.78, 5) is 2.35. The fraction of sp³-hybridized carbons (Fsp3) is 0.571. The summed E-state index contributed by atoms with van der Waals surface area (Å²) in [6.07, 6.45) is 7.47. The molecular formula is C14H22N6O2S. The Morgan fingerprint density at radius 1 is 1.26 bits per heavy atom. The Balaban J connectivity index is 1.67. The molecule has 3 heterocycles. The summed E-state index contributed by atoms with van der Waals surface area (Å²) in [6, 6.07) is 0.0223. The van der Waals surface area contributed by atoms with Crippen molar-refractivity contribution in [3.8, 4) is 0 Å². The number of rotatable bonds is 5. The van der Waals surface area contributed by atoms with Gasteiger partial charge >= 0.3 is 0 Å². The second-order valence-electron chi connectivity index (χ2n) is 6.17. The van der Waals surface area contributed by atoms with Crippen LogP contribution in [0.1, 0.15) is 26.3 Å². The van der Waals surface area contributed by atoms with Crippen molar-refractivity contribution in [2.24, 2.45) is 7.05 Å². The molecule has 0 saturated carbocycles. The minimum atomic E-state index is -3.54. The van der Waals surface area contributed by atoms with Gasteiger partial charge in [-0.1, -0.05) is 0 Å². The van der Waals surface area contributed by atoms with Crippen molar-refractivity contribution in [2.75, 3.05) is 18.0 Å². The Hall–Kier alpha value is -1.87. The average Bonchev–Trinajstić information content (AvgIpc) is 3.16. The predicted octanol–water partition coefficient (Wildman–Crippen LogP) is 0.755. The molecule has 1 saturated heterocycles. The molecule has 3 rings (SSSR count). The Morgan fingerprint density at radius 2 is 2.04 bits per heavy atom. The summed E-state index contributed by atoms with van der Waals surface area (Å²) in [6.45, 7) is 5.37. The molecule has 1 atom stereocenters. The highest BCUT2D eigenvalue weighted by atomic mass is 32.2. The molecule has 1 aliphatic heterocycles. The number of sulfonamides is 1. The van der Waals surface area contributed by atoms with Crippen LogP contribution in [0.15, 0.2) is 29.7 Å². The summed E-state index contributed by atoms with van der Waals surface area (Å²) < 4.78 is 31.1. The van der Waals surface area contributed by atoms with Crippen molar-refractivity contribution in [3.63, 3.8) is 0 Å². The third-order valence-electron chi connectivity index (χ3n) is 3.98. The molecule has 0 unspecified atom stereocenters. The van der Waals surface area contributed by atoms with Gasteiger partial charge in [-0.3, -0.25) is 9.36 Å². The zero-order chi connectivity index (χ0) is 16.6. The van der Waals surface area contributed by atoms with Crippen LogP contribution in [-0.4, -0.2) is 47.1 Å². The van der Waals surface area contributed by atoms with Gasteiger partial charge in [0.1, 0.15) is 4.90 Å². The Labute approximate surface area is 136 Å². The van der Waals surface area contributed by atoms with Gasteiger partial charge in [0.15, 0.2) is 0 Å². The first-order chi connectivity index (χ1) is 10.8. The minimum Gasteiger partial charge on any atom is -0.367 e. The van der Waals surface area contributed by atoms with E-state index in [2.05, 4.69) is 19.8 Å². The van der Waals surface area contributed by atoms with Gasteiger partial charge in [-0.05, 0) is 20.3 Å². The van der Waals surface area contributed by atoms with Crippen LogP contribution < -0.4 is 9.62 Å². The van der Waals surface area contributed by atoms with E-state index in [4.69, 9.17) is 0 Å². The van der Waals surface area contributed by atoms with Crippen molar-refractivity contribution < 1.29 is 8.42 Å². The number of hydrogen-bond donors (Lipinski definition) is 1. The molecular weight excluding hydrogens is 316 g/mol. The quantitative estimate of drug-likeness (QED) is 0.870. The lowest BCUT2D eigenvalue weighted by Crippen LogP contribution is -2.36. The smallest absolute Gasteiger partial charge is 0.244 e. The number of aryl methyl sites for hydroxylation is 1. The Bertz CT molecular complexity index is 779. The molecule has 0 radical (unpaired) electrons. The van der Waals surface area contributed by atoms with E-state index in [0.717, 1.165) is 18.7 Å². The number of anilines is 1. The van der Waals surface area contributed by atoms with Crippen molar-refractivity contribution in [1.29, 1.82) is 0 Å². The second-order valence-corrected chi connectivity index (χ2v) is 7.89.